The SMILES string of the molecule is CC(=O)Nc1cccc(C(=O)NCc2cccc(Cn3cncn3)c2)c1. The van der Waals surface area contributed by atoms with Crippen molar-refractivity contribution in [2.45, 2.75) is 20.0 Å². The minimum atomic E-state index is -0.195. The molecule has 3 aromatic rings. The number of hydrogen-bond acceptors (Lipinski definition) is 4. The van der Waals surface area contributed by atoms with Gasteiger partial charge >= 0.3 is 0 Å². The van der Waals surface area contributed by atoms with Crippen molar-refractivity contribution in [3.8, 4) is 0 Å². The molecule has 0 bridgehead atoms. The highest BCUT2D eigenvalue weighted by Gasteiger charge is 2.07. The van der Waals surface area contributed by atoms with Crippen molar-refractivity contribution in [2.75, 3.05) is 5.32 Å². The van der Waals surface area contributed by atoms with Crippen molar-refractivity contribution >= 4 is 17.5 Å². The number of benzene rings is 2. The van der Waals surface area contributed by atoms with Gasteiger partial charge in [-0.05, 0) is 29.3 Å². The van der Waals surface area contributed by atoms with E-state index in [9.17, 15) is 9.59 Å². The zero-order valence-electron chi connectivity index (χ0n) is 14.3. The Balaban J connectivity index is 1.61. The van der Waals surface area contributed by atoms with Crippen molar-refractivity contribution in [1.82, 2.24) is 20.1 Å². The van der Waals surface area contributed by atoms with Crippen LogP contribution in [0.5, 0.6) is 0 Å². The first-order valence-corrected chi connectivity index (χ1v) is 8.16. The standard InChI is InChI=1S/C19H19N5O2/c1-14(25)23-18-7-3-6-17(9-18)19(26)21-10-15-4-2-5-16(8-15)11-24-13-20-12-22-24/h2-9,12-13H,10-11H2,1H3,(H,21,26)(H,23,25). The maximum atomic E-state index is 12.4. The van der Waals surface area contributed by atoms with Crippen LogP contribution in [0.4, 0.5) is 5.69 Å². The van der Waals surface area contributed by atoms with Crippen molar-refractivity contribution in [2.24, 2.45) is 0 Å². The normalized spacial score (nSPS) is 10.3. The van der Waals surface area contributed by atoms with Gasteiger partial charge in [-0.25, -0.2) is 9.67 Å². The molecule has 0 aliphatic heterocycles. The molecule has 0 radical (unpaired) electrons. The molecule has 132 valence electrons. The Morgan fingerprint density at radius 3 is 2.65 bits per heavy atom. The van der Waals surface area contributed by atoms with Gasteiger partial charge in [0.1, 0.15) is 12.7 Å². The first-order valence-electron chi connectivity index (χ1n) is 8.16. The first-order chi connectivity index (χ1) is 12.6. The molecule has 0 spiro atoms. The van der Waals surface area contributed by atoms with E-state index in [-0.39, 0.29) is 11.8 Å². The fraction of sp³-hybridized carbons (Fsp3) is 0.158. The predicted octanol–water partition coefficient (Wildman–Crippen LogP) is 2.21. The van der Waals surface area contributed by atoms with E-state index in [1.54, 1.807) is 35.3 Å². The molecule has 1 heterocycles. The van der Waals surface area contributed by atoms with Gasteiger partial charge in [0, 0.05) is 24.7 Å². The molecule has 1 aromatic heterocycles. The molecule has 0 saturated heterocycles. The van der Waals surface area contributed by atoms with E-state index in [0.29, 0.717) is 24.3 Å². The monoisotopic (exact) mass is 349 g/mol. The Morgan fingerprint density at radius 2 is 1.88 bits per heavy atom. The van der Waals surface area contributed by atoms with Gasteiger partial charge in [0.2, 0.25) is 5.91 Å². The molecule has 2 amide bonds. The van der Waals surface area contributed by atoms with Gasteiger partial charge in [-0.15, -0.1) is 0 Å². The van der Waals surface area contributed by atoms with E-state index in [1.807, 2.05) is 24.3 Å². The third-order valence-electron chi connectivity index (χ3n) is 3.70. The number of amides is 2. The largest absolute Gasteiger partial charge is 0.348 e. The van der Waals surface area contributed by atoms with Crippen LogP contribution in [-0.2, 0) is 17.9 Å². The topological polar surface area (TPSA) is 88.9 Å². The van der Waals surface area contributed by atoms with Crippen LogP contribution in [0.1, 0.15) is 28.4 Å². The van der Waals surface area contributed by atoms with E-state index in [2.05, 4.69) is 20.7 Å². The lowest BCUT2D eigenvalue weighted by atomic mass is 10.1. The number of nitrogens with one attached hydrogen (secondary N) is 2. The fourth-order valence-corrected chi connectivity index (χ4v) is 2.57. The van der Waals surface area contributed by atoms with E-state index in [0.717, 1.165) is 11.1 Å². The van der Waals surface area contributed by atoms with Crippen LogP contribution in [0.15, 0.2) is 61.2 Å². The number of hydrogen-bond donors (Lipinski definition) is 2. The second-order valence-corrected chi connectivity index (χ2v) is 5.86. The highest BCUT2D eigenvalue weighted by molar-refractivity contribution is 5.96. The number of anilines is 1. The molecule has 7 nitrogen and oxygen atoms in total. The number of carbonyl (C=O) groups is 2. The number of nitrogens with zero attached hydrogens (tertiary/aromatic N) is 3. The van der Waals surface area contributed by atoms with E-state index in [4.69, 9.17) is 0 Å². The van der Waals surface area contributed by atoms with Crippen LogP contribution in [-0.4, -0.2) is 26.6 Å². The molecule has 0 unspecified atom stereocenters. The number of aromatic nitrogens is 3. The van der Waals surface area contributed by atoms with Gasteiger partial charge in [0.15, 0.2) is 0 Å². The average molecular weight is 349 g/mol. The van der Waals surface area contributed by atoms with Crippen LogP contribution in [0.2, 0.25) is 0 Å². The maximum Gasteiger partial charge on any atom is 0.251 e. The van der Waals surface area contributed by atoms with Crippen LogP contribution in [0.3, 0.4) is 0 Å². The predicted molar refractivity (Wildman–Crippen MR) is 97.5 cm³/mol. The third-order valence-corrected chi connectivity index (χ3v) is 3.70. The summed E-state index contributed by atoms with van der Waals surface area (Å²) in [6, 6.07) is 14.8. The van der Waals surface area contributed by atoms with Crippen molar-refractivity contribution < 1.29 is 9.59 Å². The van der Waals surface area contributed by atoms with Crippen LogP contribution < -0.4 is 10.6 Å². The quantitative estimate of drug-likeness (QED) is 0.714. The van der Waals surface area contributed by atoms with Gasteiger partial charge < -0.3 is 10.6 Å². The van der Waals surface area contributed by atoms with Gasteiger partial charge in [0.05, 0.1) is 6.54 Å². The summed E-state index contributed by atoms with van der Waals surface area (Å²) in [5.74, 6) is -0.370. The first kappa shape index (κ1) is 17.3. The third kappa shape index (κ3) is 4.76. The molecule has 26 heavy (non-hydrogen) atoms. The highest BCUT2D eigenvalue weighted by Crippen LogP contribution is 2.11. The minimum Gasteiger partial charge on any atom is -0.348 e. The smallest absolute Gasteiger partial charge is 0.251 e. The highest BCUT2D eigenvalue weighted by atomic mass is 16.2. The Labute approximate surface area is 151 Å². The Kier molecular flexibility index (Phi) is 5.38. The number of carbonyl (C=O) groups excluding carboxylic acids is 2. The Bertz CT molecular complexity index is 906. The summed E-state index contributed by atoms with van der Waals surface area (Å²) < 4.78 is 1.74. The van der Waals surface area contributed by atoms with E-state index >= 15 is 0 Å². The molecule has 0 fully saturated rings. The molecule has 2 N–H and O–H groups in total. The summed E-state index contributed by atoms with van der Waals surface area (Å²) in [7, 11) is 0. The molecule has 7 heteroatoms. The van der Waals surface area contributed by atoms with E-state index in [1.165, 1.54) is 13.3 Å². The second-order valence-electron chi connectivity index (χ2n) is 5.86. The lowest BCUT2D eigenvalue weighted by Gasteiger charge is -2.09. The van der Waals surface area contributed by atoms with Crippen molar-refractivity contribution in [1.29, 1.82) is 0 Å². The lowest BCUT2D eigenvalue weighted by Crippen LogP contribution is -2.23. The Hall–Kier alpha value is -3.48. The van der Waals surface area contributed by atoms with Gasteiger partial charge in [-0.3, -0.25) is 9.59 Å². The fourth-order valence-electron chi connectivity index (χ4n) is 2.57. The van der Waals surface area contributed by atoms with Crippen molar-refractivity contribution in [3.05, 3.63) is 77.9 Å². The summed E-state index contributed by atoms with van der Waals surface area (Å²) in [4.78, 5) is 27.4. The average Bonchev–Trinajstić information content (AvgIpc) is 3.12. The maximum absolute atomic E-state index is 12.4. The number of rotatable bonds is 6. The molecule has 0 aliphatic rings. The van der Waals surface area contributed by atoms with Crippen LogP contribution in [0.25, 0.3) is 0 Å². The molecular formula is C19H19N5O2. The molecule has 0 aliphatic carbocycles. The summed E-state index contributed by atoms with van der Waals surface area (Å²) in [6.07, 6.45) is 3.16. The Morgan fingerprint density at radius 1 is 1.08 bits per heavy atom. The summed E-state index contributed by atoms with van der Waals surface area (Å²) in [6.45, 7) is 2.47. The van der Waals surface area contributed by atoms with Gasteiger partial charge in [0.25, 0.3) is 5.91 Å². The van der Waals surface area contributed by atoms with Crippen molar-refractivity contribution in [3.63, 3.8) is 0 Å². The van der Waals surface area contributed by atoms with E-state index < -0.39 is 0 Å². The molecule has 0 atom stereocenters. The lowest BCUT2D eigenvalue weighted by molar-refractivity contribution is -0.114. The zero-order valence-corrected chi connectivity index (χ0v) is 14.3. The summed E-state index contributed by atoms with van der Waals surface area (Å²) in [5.41, 5.74) is 3.17. The molecule has 0 saturated carbocycles. The zero-order chi connectivity index (χ0) is 18.4. The second kappa shape index (κ2) is 8.06. The van der Waals surface area contributed by atoms with Crippen LogP contribution in [0, 0.1) is 0 Å². The van der Waals surface area contributed by atoms with Gasteiger partial charge in [-0.2, -0.15) is 5.10 Å². The molecular weight excluding hydrogens is 330 g/mol. The molecule has 2 aromatic carbocycles. The summed E-state index contributed by atoms with van der Waals surface area (Å²) >= 11 is 0. The van der Waals surface area contributed by atoms with Gasteiger partial charge in [-0.1, -0.05) is 30.3 Å². The molecule has 3 rings (SSSR count). The van der Waals surface area contributed by atoms with Crippen LogP contribution >= 0.6 is 0 Å². The minimum absolute atomic E-state index is 0.174. The summed E-state index contributed by atoms with van der Waals surface area (Å²) in [5, 5.41) is 9.66.